The lowest BCUT2D eigenvalue weighted by atomic mass is 9.99. The number of fused-ring (bicyclic) bond motifs is 1. The highest BCUT2D eigenvalue weighted by Gasteiger charge is 2.25. The van der Waals surface area contributed by atoms with E-state index in [0.717, 1.165) is 6.42 Å². The van der Waals surface area contributed by atoms with Gasteiger partial charge in [0.15, 0.2) is 11.5 Å². The Bertz CT molecular complexity index is 521. The number of Topliss-reactive ketones (excluding diaryl/α,β-unsaturated/α-hetero) is 1. The number of rotatable bonds is 4. The minimum absolute atomic E-state index is 0.177. The maximum absolute atomic E-state index is 12.1. The molecule has 0 spiro atoms. The summed E-state index contributed by atoms with van der Waals surface area (Å²) in [6.45, 7) is 4.88. The zero-order valence-electron chi connectivity index (χ0n) is 11.7. The van der Waals surface area contributed by atoms with E-state index in [1.54, 1.807) is 19.1 Å². The number of ether oxygens (including phenoxy) is 3. The zero-order valence-corrected chi connectivity index (χ0v) is 11.7. The summed E-state index contributed by atoms with van der Waals surface area (Å²) < 4.78 is 16.0. The van der Waals surface area contributed by atoms with Crippen LogP contribution in [0.15, 0.2) is 12.1 Å². The summed E-state index contributed by atoms with van der Waals surface area (Å²) in [5.41, 5.74) is 1.03. The van der Waals surface area contributed by atoms with E-state index in [2.05, 4.69) is 0 Å². The molecule has 1 aromatic carbocycles. The third kappa shape index (κ3) is 2.76. The molecule has 0 aromatic heterocycles. The SMILES string of the molecule is CCOC(=O)C(=O)c1ccc2c(c1CC)OCCCO2. The Morgan fingerprint density at radius 1 is 1.20 bits per heavy atom. The highest BCUT2D eigenvalue weighted by Crippen LogP contribution is 2.36. The molecule has 2 rings (SSSR count). The van der Waals surface area contributed by atoms with Crippen LogP contribution in [0.2, 0.25) is 0 Å². The van der Waals surface area contributed by atoms with Crippen molar-refractivity contribution in [2.45, 2.75) is 26.7 Å². The fourth-order valence-corrected chi connectivity index (χ4v) is 2.16. The molecule has 5 heteroatoms. The van der Waals surface area contributed by atoms with Gasteiger partial charge in [0.05, 0.1) is 19.8 Å². The molecule has 0 fully saturated rings. The predicted octanol–water partition coefficient (Wildman–Crippen LogP) is 2.16. The summed E-state index contributed by atoms with van der Waals surface area (Å²) in [4.78, 5) is 23.7. The van der Waals surface area contributed by atoms with Crippen LogP contribution in [0.25, 0.3) is 0 Å². The van der Waals surface area contributed by atoms with Gasteiger partial charge < -0.3 is 14.2 Å². The first-order chi connectivity index (χ1) is 9.69. The molecular weight excluding hydrogens is 260 g/mol. The van der Waals surface area contributed by atoms with E-state index in [1.165, 1.54) is 0 Å². The lowest BCUT2D eigenvalue weighted by molar-refractivity contribution is -0.137. The summed E-state index contributed by atoms with van der Waals surface area (Å²) >= 11 is 0. The maximum Gasteiger partial charge on any atom is 0.379 e. The van der Waals surface area contributed by atoms with Crippen molar-refractivity contribution in [3.63, 3.8) is 0 Å². The van der Waals surface area contributed by atoms with Crippen LogP contribution in [-0.2, 0) is 16.0 Å². The molecule has 0 bridgehead atoms. The quantitative estimate of drug-likeness (QED) is 0.480. The second-order valence-electron chi connectivity index (χ2n) is 4.37. The van der Waals surface area contributed by atoms with Crippen molar-refractivity contribution < 1.29 is 23.8 Å². The standard InChI is InChI=1S/C15H18O5/c1-3-10-11(13(16)15(17)18-4-2)6-7-12-14(10)20-9-5-8-19-12/h6-7H,3-5,8-9H2,1-2H3. The van der Waals surface area contributed by atoms with Crippen molar-refractivity contribution in [3.8, 4) is 11.5 Å². The van der Waals surface area contributed by atoms with Gasteiger partial charge in [0.1, 0.15) is 0 Å². The Morgan fingerprint density at radius 2 is 1.95 bits per heavy atom. The molecule has 0 amide bonds. The van der Waals surface area contributed by atoms with Gasteiger partial charge >= 0.3 is 5.97 Å². The van der Waals surface area contributed by atoms with Crippen LogP contribution in [0.1, 0.15) is 36.2 Å². The fourth-order valence-electron chi connectivity index (χ4n) is 2.16. The average molecular weight is 278 g/mol. The van der Waals surface area contributed by atoms with Crippen molar-refractivity contribution in [2.24, 2.45) is 0 Å². The first kappa shape index (κ1) is 14.4. The maximum atomic E-state index is 12.1. The number of ketones is 1. The van der Waals surface area contributed by atoms with Crippen LogP contribution in [0.5, 0.6) is 11.5 Å². The van der Waals surface area contributed by atoms with E-state index < -0.39 is 11.8 Å². The molecule has 1 aliphatic rings. The smallest absolute Gasteiger partial charge is 0.379 e. The Morgan fingerprint density at radius 3 is 2.65 bits per heavy atom. The van der Waals surface area contributed by atoms with Gasteiger partial charge in [0.2, 0.25) is 0 Å². The van der Waals surface area contributed by atoms with E-state index in [1.807, 2.05) is 6.92 Å². The van der Waals surface area contributed by atoms with Gasteiger partial charge in [0, 0.05) is 17.5 Å². The van der Waals surface area contributed by atoms with Gasteiger partial charge in [-0.15, -0.1) is 0 Å². The highest BCUT2D eigenvalue weighted by atomic mass is 16.5. The Kier molecular flexibility index (Phi) is 4.61. The van der Waals surface area contributed by atoms with E-state index in [0.29, 0.717) is 42.3 Å². The van der Waals surface area contributed by atoms with Crippen molar-refractivity contribution in [3.05, 3.63) is 23.3 Å². The Hall–Kier alpha value is -2.04. The van der Waals surface area contributed by atoms with Crippen LogP contribution in [0, 0.1) is 0 Å². The summed E-state index contributed by atoms with van der Waals surface area (Å²) in [6.07, 6.45) is 1.37. The van der Waals surface area contributed by atoms with Crippen molar-refractivity contribution in [1.29, 1.82) is 0 Å². The van der Waals surface area contributed by atoms with E-state index in [-0.39, 0.29) is 6.61 Å². The fraction of sp³-hybridized carbons (Fsp3) is 0.467. The van der Waals surface area contributed by atoms with Gasteiger partial charge in [-0.05, 0) is 25.5 Å². The monoisotopic (exact) mass is 278 g/mol. The predicted molar refractivity (Wildman–Crippen MR) is 72.4 cm³/mol. The molecule has 0 aliphatic carbocycles. The van der Waals surface area contributed by atoms with Crippen molar-refractivity contribution in [2.75, 3.05) is 19.8 Å². The van der Waals surface area contributed by atoms with Crippen LogP contribution in [-0.4, -0.2) is 31.6 Å². The summed E-state index contributed by atoms with van der Waals surface area (Å²) in [7, 11) is 0. The topological polar surface area (TPSA) is 61.8 Å². The van der Waals surface area contributed by atoms with Gasteiger partial charge in [0.25, 0.3) is 5.78 Å². The van der Waals surface area contributed by atoms with Gasteiger partial charge in [-0.3, -0.25) is 4.79 Å². The summed E-state index contributed by atoms with van der Waals surface area (Å²) in [5.74, 6) is -0.282. The molecule has 0 N–H and O–H groups in total. The summed E-state index contributed by atoms with van der Waals surface area (Å²) in [6, 6.07) is 3.28. The highest BCUT2D eigenvalue weighted by molar-refractivity contribution is 6.41. The van der Waals surface area contributed by atoms with E-state index in [9.17, 15) is 9.59 Å². The molecule has 0 unspecified atom stereocenters. The molecule has 5 nitrogen and oxygen atoms in total. The lowest BCUT2D eigenvalue weighted by Gasteiger charge is -2.14. The average Bonchev–Trinajstić information content (AvgIpc) is 2.70. The minimum atomic E-state index is -0.836. The molecule has 0 atom stereocenters. The first-order valence-corrected chi connectivity index (χ1v) is 6.82. The second kappa shape index (κ2) is 6.41. The van der Waals surface area contributed by atoms with E-state index >= 15 is 0 Å². The molecular formula is C15H18O5. The number of hydrogen-bond donors (Lipinski definition) is 0. The van der Waals surface area contributed by atoms with Crippen molar-refractivity contribution in [1.82, 2.24) is 0 Å². The molecule has 1 aliphatic heterocycles. The first-order valence-electron chi connectivity index (χ1n) is 6.82. The molecule has 1 heterocycles. The van der Waals surface area contributed by atoms with Gasteiger partial charge in [-0.1, -0.05) is 6.92 Å². The number of carbonyl (C=O) groups is 2. The van der Waals surface area contributed by atoms with Gasteiger partial charge in [-0.2, -0.15) is 0 Å². The normalized spacial score (nSPS) is 13.5. The number of esters is 1. The van der Waals surface area contributed by atoms with Crippen LogP contribution in [0.3, 0.4) is 0 Å². The minimum Gasteiger partial charge on any atom is -0.490 e. The van der Waals surface area contributed by atoms with Gasteiger partial charge in [-0.25, -0.2) is 4.79 Å². The molecule has 20 heavy (non-hydrogen) atoms. The van der Waals surface area contributed by atoms with Crippen molar-refractivity contribution >= 4 is 11.8 Å². The number of carbonyl (C=O) groups excluding carboxylic acids is 2. The lowest BCUT2D eigenvalue weighted by Crippen LogP contribution is -2.19. The van der Waals surface area contributed by atoms with Crippen LogP contribution in [0.4, 0.5) is 0 Å². The molecule has 0 radical (unpaired) electrons. The third-order valence-corrected chi connectivity index (χ3v) is 3.08. The molecule has 0 saturated carbocycles. The summed E-state index contributed by atoms with van der Waals surface area (Å²) in [5, 5.41) is 0. The zero-order chi connectivity index (χ0) is 14.5. The Balaban J connectivity index is 2.41. The number of hydrogen-bond acceptors (Lipinski definition) is 5. The van der Waals surface area contributed by atoms with Crippen LogP contribution < -0.4 is 9.47 Å². The second-order valence-corrected chi connectivity index (χ2v) is 4.37. The number of benzene rings is 1. The molecule has 0 saturated heterocycles. The third-order valence-electron chi connectivity index (χ3n) is 3.08. The Labute approximate surface area is 117 Å². The van der Waals surface area contributed by atoms with E-state index in [4.69, 9.17) is 14.2 Å². The molecule has 108 valence electrons. The largest absolute Gasteiger partial charge is 0.490 e. The van der Waals surface area contributed by atoms with Crippen LogP contribution >= 0.6 is 0 Å². The molecule has 1 aromatic rings.